The molecule has 0 atom stereocenters. The average molecular weight is 344 g/mol. The van der Waals surface area contributed by atoms with Gasteiger partial charge in [0.25, 0.3) is 0 Å². The van der Waals surface area contributed by atoms with Gasteiger partial charge in [0.15, 0.2) is 0 Å². The lowest BCUT2D eigenvalue weighted by atomic mass is 10.2. The largest absolute Gasteiger partial charge is 0.129 e. The number of rotatable bonds is 2. The van der Waals surface area contributed by atoms with E-state index in [1.54, 1.807) is 11.3 Å². The summed E-state index contributed by atoms with van der Waals surface area (Å²) in [6.45, 7) is 0. The van der Waals surface area contributed by atoms with E-state index in [4.69, 9.17) is 0 Å². The number of hydrogen-bond acceptors (Lipinski definition) is 1. The van der Waals surface area contributed by atoms with Gasteiger partial charge in [-0.2, -0.15) is 0 Å². The van der Waals surface area contributed by atoms with Crippen LogP contribution in [0.3, 0.4) is 0 Å². The molecule has 15 heavy (non-hydrogen) atoms. The van der Waals surface area contributed by atoms with E-state index in [1.165, 1.54) is 10.4 Å². The molecule has 0 radical (unpaired) electrons. The van der Waals surface area contributed by atoms with Crippen LogP contribution in [0.1, 0.15) is 10.4 Å². The standard InChI is InChI=1S/C12H8Br2S/c13-11-4-2-1-3-9(11)5-6-10-7-8-12(14)15-10/h1-8H/b6-5+. The maximum atomic E-state index is 3.52. The minimum Gasteiger partial charge on any atom is -0.129 e. The van der Waals surface area contributed by atoms with E-state index < -0.39 is 0 Å². The zero-order valence-electron chi connectivity index (χ0n) is 7.78. The molecule has 0 aliphatic heterocycles. The topological polar surface area (TPSA) is 0 Å². The first kappa shape index (κ1) is 11.1. The lowest BCUT2D eigenvalue weighted by molar-refractivity contribution is 1.61. The van der Waals surface area contributed by atoms with Gasteiger partial charge < -0.3 is 0 Å². The summed E-state index contributed by atoms with van der Waals surface area (Å²) in [4.78, 5) is 1.25. The highest BCUT2D eigenvalue weighted by Crippen LogP contribution is 2.25. The van der Waals surface area contributed by atoms with E-state index in [0.717, 1.165) is 8.26 Å². The van der Waals surface area contributed by atoms with Gasteiger partial charge in [-0.1, -0.05) is 40.2 Å². The number of halogens is 2. The van der Waals surface area contributed by atoms with Gasteiger partial charge in [-0.25, -0.2) is 0 Å². The monoisotopic (exact) mass is 342 g/mol. The molecule has 0 saturated carbocycles. The molecular weight excluding hydrogens is 336 g/mol. The summed E-state index contributed by atoms with van der Waals surface area (Å²) in [5.41, 5.74) is 1.20. The summed E-state index contributed by atoms with van der Waals surface area (Å²) in [5.74, 6) is 0. The summed E-state index contributed by atoms with van der Waals surface area (Å²) in [5, 5.41) is 0. The number of hydrogen-bond donors (Lipinski definition) is 0. The van der Waals surface area contributed by atoms with E-state index in [1.807, 2.05) is 18.2 Å². The molecule has 1 aromatic heterocycles. The van der Waals surface area contributed by atoms with Crippen molar-refractivity contribution in [3.05, 3.63) is 55.1 Å². The molecule has 1 heterocycles. The third-order valence-corrected chi connectivity index (χ3v) is 4.24. The Hall–Kier alpha value is -0.380. The van der Waals surface area contributed by atoms with Gasteiger partial charge in [-0.15, -0.1) is 11.3 Å². The summed E-state index contributed by atoms with van der Waals surface area (Å²) < 4.78 is 2.28. The molecule has 2 rings (SSSR count). The van der Waals surface area contributed by atoms with Crippen molar-refractivity contribution in [3.63, 3.8) is 0 Å². The van der Waals surface area contributed by atoms with E-state index in [-0.39, 0.29) is 0 Å². The SMILES string of the molecule is Brc1ccc(/C=C/c2ccccc2Br)s1. The van der Waals surface area contributed by atoms with E-state index >= 15 is 0 Å². The first-order chi connectivity index (χ1) is 7.25. The molecular formula is C12H8Br2S. The molecule has 0 unspecified atom stereocenters. The van der Waals surface area contributed by atoms with E-state index in [0.29, 0.717) is 0 Å². The summed E-state index contributed by atoms with van der Waals surface area (Å²) in [6, 6.07) is 12.3. The van der Waals surface area contributed by atoms with Crippen LogP contribution in [0.2, 0.25) is 0 Å². The van der Waals surface area contributed by atoms with Crippen molar-refractivity contribution in [3.8, 4) is 0 Å². The Morgan fingerprint density at radius 1 is 0.933 bits per heavy atom. The molecule has 2 aromatic rings. The van der Waals surface area contributed by atoms with Crippen molar-refractivity contribution in [2.75, 3.05) is 0 Å². The average Bonchev–Trinajstić information content (AvgIpc) is 2.63. The molecule has 3 heteroatoms. The third-order valence-electron chi connectivity index (χ3n) is 1.93. The van der Waals surface area contributed by atoms with Crippen LogP contribution in [0.25, 0.3) is 12.2 Å². The second-order valence-electron chi connectivity index (χ2n) is 3.00. The Kier molecular flexibility index (Phi) is 3.78. The fourth-order valence-corrected chi connectivity index (χ4v) is 2.94. The lowest BCUT2D eigenvalue weighted by Gasteiger charge is -1.95. The third kappa shape index (κ3) is 3.03. The van der Waals surface area contributed by atoms with Gasteiger partial charge in [0, 0.05) is 9.35 Å². The molecule has 76 valence electrons. The fraction of sp³-hybridized carbons (Fsp3) is 0. The second kappa shape index (κ2) is 5.10. The molecule has 0 bridgehead atoms. The van der Waals surface area contributed by atoms with Crippen LogP contribution in [0, 0.1) is 0 Å². The summed E-state index contributed by atoms with van der Waals surface area (Å²) >= 11 is 8.69. The molecule has 0 saturated heterocycles. The van der Waals surface area contributed by atoms with Gasteiger partial charge in [-0.05, 0) is 45.8 Å². The van der Waals surface area contributed by atoms with Crippen molar-refractivity contribution < 1.29 is 0 Å². The molecule has 0 aliphatic carbocycles. The van der Waals surface area contributed by atoms with Crippen LogP contribution >= 0.6 is 43.2 Å². The Bertz CT molecular complexity index is 486. The fourth-order valence-electron chi connectivity index (χ4n) is 1.20. The zero-order chi connectivity index (χ0) is 10.7. The van der Waals surface area contributed by atoms with Crippen LogP contribution in [-0.2, 0) is 0 Å². The van der Waals surface area contributed by atoms with Gasteiger partial charge in [0.2, 0.25) is 0 Å². The van der Waals surface area contributed by atoms with Crippen LogP contribution < -0.4 is 0 Å². The predicted octanol–water partition coefficient (Wildman–Crippen LogP) is 5.44. The predicted molar refractivity (Wildman–Crippen MR) is 75.1 cm³/mol. The number of benzene rings is 1. The Labute approximate surface area is 110 Å². The zero-order valence-corrected chi connectivity index (χ0v) is 11.8. The first-order valence-corrected chi connectivity index (χ1v) is 6.84. The molecule has 1 aromatic carbocycles. The summed E-state index contributed by atoms with van der Waals surface area (Å²) in [6.07, 6.45) is 4.23. The molecule has 0 spiro atoms. The van der Waals surface area contributed by atoms with Crippen molar-refractivity contribution in [2.45, 2.75) is 0 Å². The highest BCUT2D eigenvalue weighted by Gasteiger charge is 1.95. The molecule has 0 fully saturated rings. The van der Waals surface area contributed by atoms with Gasteiger partial charge in [0.1, 0.15) is 0 Å². The summed E-state index contributed by atoms with van der Waals surface area (Å²) in [7, 11) is 0. The van der Waals surface area contributed by atoms with E-state index in [9.17, 15) is 0 Å². The molecule has 0 amide bonds. The van der Waals surface area contributed by atoms with Crippen LogP contribution in [0.4, 0.5) is 0 Å². The highest BCUT2D eigenvalue weighted by molar-refractivity contribution is 9.11. The molecule has 0 aliphatic rings. The van der Waals surface area contributed by atoms with Crippen LogP contribution in [-0.4, -0.2) is 0 Å². The minimum atomic E-state index is 1.12. The Morgan fingerprint density at radius 3 is 2.40 bits per heavy atom. The number of thiophene rings is 1. The maximum absolute atomic E-state index is 3.52. The van der Waals surface area contributed by atoms with Crippen molar-refractivity contribution in [1.82, 2.24) is 0 Å². The molecule has 0 N–H and O–H groups in total. The normalized spacial score (nSPS) is 11.1. The smallest absolute Gasteiger partial charge is 0.0704 e. The second-order valence-corrected chi connectivity index (χ2v) is 6.35. The van der Waals surface area contributed by atoms with Crippen molar-refractivity contribution >= 4 is 55.3 Å². The Morgan fingerprint density at radius 2 is 1.73 bits per heavy atom. The maximum Gasteiger partial charge on any atom is 0.0704 e. The molecule has 0 nitrogen and oxygen atoms in total. The van der Waals surface area contributed by atoms with E-state index in [2.05, 4.69) is 62.2 Å². The van der Waals surface area contributed by atoms with Gasteiger partial charge >= 0.3 is 0 Å². The van der Waals surface area contributed by atoms with Crippen molar-refractivity contribution in [2.24, 2.45) is 0 Å². The van der Waals surface area contributed by atoms with Crippen LogP contribution in [0.15, 0.2) is 44.7 Å². The van der Waals surface area contributed by atoms with Crippen molar-refractivity contribution in [1.29, 1.82) is 0 Å². The Balaban J connectivity index is 2.22. The highest BCUT2D eigenvalue weighted by atomic mass is 79.9. The first-order valence-electron chi connectivity index (χ1n) is 4.43. The van der Waals surface area contributed by atoms with Gasteiger partial charge in [0.05, 0.1) is 3.79 Å². The van der Waals surface area contributed by atoms with Crippen LogP contribution in [0.5, 0.6) is 0 Å². The quantitative estimate of drug-likeness (QED) is 0.680. The lowest BCUT2D eigenvalue weighted by Crippen LogP contribution is -1.72. The van der Waals surface area contributed by atoms with Gasteiger partial charge in [-0.3, -0.25) is 0 Å². The minimum absolute atomic E-state index is 1.12.